The highest BCUT2D eigenvalue weighted by molar-refractivity contribution is 7.07. The maximum atomic E-state index is 3.46. The molecule has 0 aliphatic rings. The van der Waals surface area contributed by atoms with Crippen LogP contribution in [0.15, 0.2) is 41.1 Å². The fraction of sp³-hybridized carbons (Fsp3) is 0.231. The van der Waals surface area contributed by atoms with Crippen LogP contribution in [0, 0.1) is 0 Å². The van der Waals surface area contributed by atoms with Crippen LogP contribution in [-0.2, 0) is 6.54 Å². The van der Waals surface area contributed by atoms with Gasteiger partial charge in [0.05, 0.1) is 11.4 Å². The van der Waals surface area contributed by atoms with E-state index in [1.165, 1.54) is 16.9 Å². The number of benzene rings is 1. The average Bonchev–Trinajstić information content (AvgIpc) is 2.79. The van der Waals surface area contributed by atoms with E-state index in [-0.39, 0.29) is 0 Å². The highest BCUT2D eigenvalue weighted by atomic mass is 32.1. The summed E-state index contributed by atoms with van der Waals surface area (Å²) in [4.78, 5) is 2.12. The predicted octanol–water partition coefficient (Wildman–Crippen LogP) is 3.43. The number of nitrogens with zero attached hydrogens (tertiary/aromatic N) is 1. The van der Waals surface area contributed by atoms with Crippen molar-refractivity contribution in [3.8, 4) is 0 Å². The van der Waals surface area contributed by atoms with Crippen molar-refractivity contribution in [1.82, 2.24) is 0 Å². The average molecular weight is 232 g/mol. The van der Waals surface area contributed by atoms with Gasteiger partial charge in [0.2, 0.25) is 0 Å². The third kappa shape index (κ3) is 2.55. The first-order chi connectivity index (χ1) is 7.77. The Bertz CT molecular complexity index is 435. The fourth-order valence-corrected chi connectivity index (χ4v) is 2.27. The number of thiophene rings is 1. The molecular weight excluding hydrogens is 216 g/mol. The third-order valence-electron chi connectivity index (χ3n) is 2.45. The molecule has 1 N–H and O–H groups in total. The van der Waals surface area contributed by atoms with Crippen molar-refractivity contribution in [3.05, 3.63) is 46.7 Å². The van der Waals surface area contributed by atoms with E-state index in [9.17, 15) is 0 Å². The van der Waals surface area contributed by atoms with Crippen LogP contribution >= 0.6 is 11.3 Å². The zero-order valence-corrected chi connectivity index (χ0v) is 10.4. The quantitative estimate of drug-likeness (QED) is 0.869. The van der Waals surface area contributed by atoms with E-state index in [0.29, 0.717) is 0 Å². The normalized spacial score (nSPS) is 10.1. The van der Waals surface area contributed by atoms with E-state index in [0.717, 1.165) is 6.54 Å². The zero-order chi connectivity index (χ0) is 11.4. The highest BCUT2D eigenvalue weighted by Crippen LogP contribution is 2.24. The summed E-state index contributed by atoms with van der Waals surface area (Å²) in [7, 11) is 4.12. The summed E-state index contributed by atoms with van der Waals surface area (Å²) in [5, 5.41) is 7.74. The molecule has 2 aromatic rings. The Balaban J connectivity index is 2.09. The van der Waals surface area contributed by atoms with Crippen molar-refractivity contribution >= 4 is 22.7 Å². The van der Waals surface area contributed by atoms with Crippen molar-refractivity contribution in [1.29, 1.82) is 0 Å². The molecule has 0 spiro atoms. The zero-order valence-electron chi connectivity index (χ0n) is 9.60. The molecular formula is C13H16N2S. The van der Waals surface area contributed by atoms with Crippen molar-refractivity contribution in [2.24, 2.45) is 0 Å². The molecule has 16 heavy (non-hydrogen) atoms. The molecule has 0 aliphatic heterocycles. The van der Waals surface area contributed by atoms with Gasteiger partial charge in [0.25, 0.3) is 0 Å². The summed E-state index contributed by atoms with van der Waals surface area (Å²) in [5.74, 6) is 0. The van der Waals surface area contributed by atoms with E-state index in [2.05, 4.69) is 65.4 Å². The molecule has 84 valence electrons. The Morgan fingerprint density at radius 1 is 1.19 bits per heavy atom. The standard InChI is InChI=1S/C13H16N2S/c1-15(2)13-6-4-3-5-12(13)14-9-11-7-8-16-10-11/h3-8,10,14H,9H2,1-2H3. The molecule has 1 aromatic heterocycles. The molecule has 0 saturated heterocycles. The second-order valence-corrected chi connectivity index (χ2v) is 4.68. The van der Waals surface area contributed by atoms with Gasteiger partial charge in [-0.15, -0.1) is 0 Å². The van der Waals surface area contributed by atoms with Gasteiger partial charge in [-0.05, 0) is 34.5 Å². The molecule has 1 aromatic carbocycles. The van der Waals surface area contributed by atoms with Crippen LogP contribution in [0.5, 0.6) is 0 Å². The topological polar surface area (TPSA) is 15.3 Å². The van der Waals surface area contributed by atoms with Gasteiger partial charge in [-0.2, -0.15) is 11.3 Å². The summed E-state index contributed by atoms with van der Waals surface area (Å²) in [6.45, 7) is 0.883. The van der Waals surface area contributed by atoms with E-state index >= 15 is 0 Å². The van der Waals surface area contributed by atoms with Gasteiger partial charge in [0.15, 0.2) is 0 Å². The number of nitrogens with one attached hydrogen (secondary N) is 1. The minimum Gasteiger partial charge on any atom is -0.379 e. The van der Waals surface area contributed by atoms with E-state index < -0.39 is 0 Å². The molecule has 0 unspecified atom stereocenters. The summed E-state index contributed by atoms with van der Waals surface area (Å²) in [6, 6.07) is 10.5. The SMILES string of the molecule is CN(C)c1ccccc1NCc1ccsc1. The Hall–Kier alpha value is -1.48. The fourth-order valence-electron chi connectivity index (χ4n) is 1.60. The summed E-state index contributed by atoms with van der Waals surface area (Å²) in [5.41, 5.74) is 3.73. The van der Waals surface area contributed by atoms with Crippen molar-refractivity contribution in [3.63, 3.8) is 0 Å². The van der Waals surface area contributed by atoms with Crippen LogP contribution in [0.3, 0.4) is 0 Å². The first kappa shape index (κ1) is 11.0. The number of para-hydroxylation sites is 2. The number of hydrogen-bond acceptors (Lipinski definition) is 3. The lowest BCUT2D eigenvalue weighted by molar-refractivity contribution is 1.10. The van der Waals surface area contributed by atoms with Crippen molar-refractivity contribution < 1.29 is 0 Å². The van der Waals surface area contributed by atoms with Gasteiger partial charge in [0.1, 0.15) is 0 Å². The lowest BCUT2D eigenvalue weighted by atomic mass is 10.2. The number of anilines is 2. The van der Waals surface area contributed by atoms with Gasteiger partial charge >= 0.3 is 0 Å². The second-order valence-electron chi connectivity index (χ2n) is 3.90. The van der Waals surface area contributed by atoms with E-state index in [1.807, 2.05) is 0 Å². The molecule has 3 heteroatoms. The van der Waals surface area contributed by atoms with Gasteiger partial charge in [0, 0.05) is 20.6 Å². The molecule has 0 atom stereocenters. The summed E-state index contributed by atoms with van der Waals surface area (Å²) >= 11 is 1.73. The second kappa shape index (κ2) is 5.03. The van der Waals surface area contributed by atoms with Crippen LogP contribution in [0.4, 0.5) is 11.4 Å². The van der Waals surface area contributed by atoms with Gasteiger partial charge in [-0.3, -0.25) is 0 Å². The minimum absolute atomic E-state index is 0.883. The molecule has 2 nitrogen and oxygen atoms in total. The first-order valence-corrected chi connectivity index (χ1v) is 6.23. The Labute approximate surface area is 101 Å². The molecule has 0 radical (unpaired) electrons. The van der Waals surface area contributed by atoms with Crippen LogP contribution < -0.4 is 10.2 Å². The molecule has 1 heterocycles. The molecule has 0 bridgehead atoms. The van der Waals surface area contributed by atoms with E-state index in [4.69, 9.17) is 0 Å². The largest absolute Gasteiger partial charge is 0.379 e. The van der Waals surface area contributed by atoms with Crippen LogP contribution in [0.1, 0.15) is 5.56 Å². The smallest absolute Gasteiger partial charge is 0.0596 e. The summed E-state index contributed by atoms with van der Waals surface area (Å²) in [6.07, 6.45) is 0. The van der Waals surface area contributed by atoms with Crippen LogP contribution in [0.2, 0.25) is 0 Å². The maximum Gasteiger partial charge on any atom is 0.0596 e. The maximum absolute atomic E-state index is 3.46. The van der Waals surface area contributed by atoms with Crippen molar-refractivity contribution in [2.45, 2.75) is 6.54 Å². The Morgan fingerprint density at radius 3 is 2.69 bits per heavy atom. The monoisotopic (exact) mass is 232 g/mol. The number of rotatable bonds is 4. The molecule has 2 rings (SSSR count). The van der Waals surface area contributed by atoms with Gasteiger partial charge in [-0.1, -0.05) is 12.1 Å². The first-order valence-electron chi connectivity index (χ1n) is 5.28. The highest BCUT2D eigenvalue weighted by Gasteiger charge is 2.02. The molecule has 0 aliphatic carbocycles. The van der Waals surface area contributed by atoms with Crippen LogP contribution in [-0.4, -0.2) is 14.1 Å². The number of hydrogen-bond donors (Lipinski definition) is 1. The van der Waals surface area contributed by atoms with Gasteiger partial charge in [-0.25, -0.2) is 0 Å². The Kier molecular flexibility index (Phi) is 3.47. The summed E-state index contributed by atoms with van der Waals surface area (Å²) < 4.78 is 0. The van der Waals surface area contributed by atoms with Crippen LogP contribution in [0.25, 0.3) is 0 Å². The lowest BCUT2D eigenvalue weighted by Gasteiger charge is -2.18. The molecule has 0 amide bonds. The predicted molar refractivity (Wildman–Crippen MR) is 72.4 cm³/mol. The van der Waals surface area contributed by atoms with Crippen molar-refractivity contribution in [2.75, 3.05) is 24.3 Å². The molecule has 0 saturated carbocycles. The minimum atomic E-state index is 0.883. The third-order valence-corrected chi connectivity index (χ3v) is 3.18. The Morgan fingerprint density at radius 2 is 2.00 bits per heavy atom. The molecule has 0 fully saturated rings. The lowest BCUT2D eigenvalue weighted by Crippen LogP contribution is -2.11. The van der Waals surface area contributed by atoms with E-state index in [1.54, 1.807) is 11.3 Å². The van der Waals surface area contributed by atoms with Gasteiger partial charge < -0.3 is 10.2 Å².